The molecule has 3 rings (SSSR count). The monoisotopic (exact) mass is 282 g/mol. The Morgan fingerprint density at radius 2 is 1.67 bits per heavy atom. The summed E-state index contributed by atoms with van der Waals surface area (Å²) in [5, 5.41) is 21.8. The molecule has 0 aliphatic rings. The average molecular weight is 282 g/mol. The highest BCUT2D eigenvalue weighted by atomic mass is 16.3. The first-order valence-electron chi connectivity index (χ1n) is 6.74. The van der Waals surface area contributed by atoms with Crippen molar-refractivity contribution in [3.63, 3.8) is 0 Å². The molecule has 0 radical (unpaired) electrons. The van der Waals surface area contributed by atoms with Gasteiger partial charge in [0.15, 0.2) is 0 Å². The van der Waals surface area contributed by atoms with Crippen LogP contribution in [0.5, 0.6) is 5.75 Å². The van der Waals surface area contributed by atoms with Gasteiger partial charge in [-0.2, -0.15) is 0 Å². The summed E-state index contributed by atoms with van der Waals surface area (Å²) in [7, 11) is 0. The number of rotatable bonds is 3. The van der Waals surface area contributed by atoms with Crippen molar-refractivity contribution in [3.05, 3.63) is 66.9 Å². The van der Waals surface area contributed by atoms with Gasteiger partial charge in [-0.3, -0.25) is 4.98 Å². The molecule has 0 aliphatic carbocycles. The minimum Gasteiger partial charge on any atom is -0.506 e. The van der Waals surface area contributed by atoms with E-state index < -0.39 is 0 Å². The van der Waals surface area contributed by atoms with E-state index in [0.29, 0.717) is 12.1 Å². The molecule has 2 aromatic carbocycles. The fraction of sp³-hybridized carbons (Fsp3) is 0.118. The van der Waals surface area contributed by atoms with Gasteiger partial charge in [-0.15, -0.1) is 0 Å². The van der Waals surface area contributed by atoms with Crippen LogP contribution in [0.1, 0.15) is 0 Å². The Balaban J connectivity index is 0.000000155. The van der Waals surface area contributed by atoms with E-state index in [2.05, 4.69) is 10.3 Å². The lowest BCUT2D eigenvalue weighted by molar-refractivity contribution is 0.311. The molecule has 3 aromatic rings. The van der Waals surface area contributed by atoms with E-state index in [4.69, 9.17) is 5.11 Å². The van der Waals surface area contributed by atoms with E-state index in [-0.39, 0.29) is 12.4 Å². The van der Waals surface area contributed by atoms with E-state index in [9.17, 15) is 5.11 Å². The average Bonchev–Trinajstić information content (AvgIpc) is 2.55. The third-order valence-electron chi connectivity index (χ3n) is 2.83. The standard InChI is InChI=1S/C9H7NO.C8H11NO/c11-8-5-1-3-7-4-2-6-10-9(7)8;10-7-6-9-8-4-2-1-3-5-8/h1-6,11H;1-5,9-10H,6-7H2. The van der Waals surface area contributed by atoms with Crippen LogP contribution in [0.2, 0.25) is 0 Å². The maximum Gasteiger partial charge on any atom is 0.141 e. The van der Waals surface area contributed by atoms with E-state index in [0.717, 1.165) is 11.1 Å². The molecule has 4 heteroatoms. The number of anilines is 1. The summed E-state index contributed by atoms with van der Waals surface area (Å²) in [6, 6.07) is 18.9. The van der Waals surface area contributed by atoms with Crippen LogP contribution in [0, 0.1) is 0 Å². The van der Waals surface area contributed by atoms with Crippen LogP contribution < -0.4 is 5.32 Å². The zero-order chi connectivity index (χ0) is 14.9. The van der Waals surface area contributed by atoms with Crippen LogP contribution in [0.3, 0.4) is 0 Å². The summed E-state index contributed by atoms with van der Waals surface area (Å²) >= 11 is 0. The zero-order valence-corrected chi connectivity index (χ0v) is 11.6. The molecular formula is C17H18N2O2. The van der Waals surface area contributed by atoms with Gasteiger partial charge in [-0.25, -0.2) is 0 Å². The highest BCUT2D eigenvalue weighted by Gasteiger charge is 1.96. The molecule has 0 unspecified atom stereocenters. The predicted octanol–water partition coefficient (Wildman–Crippen LogP) is 3.03. The summed E-state index contributed by atoms with van der Waals surface area (Å²) in [6.45, 7) is 0.791. The largest absolute Gasteiger partial charge is 0.506 e. The third kappa shape index (κ3) is 4.47. The molecule has 21 heavy (non-hydrogen) atoms. The molecule has 0 aliphatic heterocycles. The first kappa shape index (κ1) is 14.8. The van der Waals surface area contributed by atoms with Crippen LogP contribution >= 0.6 is 0 Å². The number of nitrogens with zero attached hydrogens (tertiary/aromatic N) is 1. The SMILES string of the molecule is OCCNc1ccccc1.Oc1cccc2cccnc12. The number of aromatic nitrogens is 1. The molecule has 108 valence electrons. The van der Waals surface area contributed by atoms with E-state index in [1.807, 2.05) is 48.5 Å². The van der Waals surface area contributed by atoms with Crippen molar-refractivity contribution in [2.45, 2.75) is 0 Å². The second kappa shape index (κ2) is 7.87. The topological polar surface area (TPSA) is 65.4 Å². The summed E-state index contributed by atoms with van der Waals surface area (Å²) in [5.74, 6) is 0.239. The zero-order valence-electron chi connectivity index (χ0n) is 11.6. The quantitative estimate of drug-likeness (QED) is 0.691. The molecule has 0 saturated heterocycles. The molecular weight excluding hydrogens is 264 g/mol. The van der Waals surface area contributed by atoms with E-state index in [1.54, 1.807) is 18.3 Å². The molecule has 0 fully saturated rings. The number of phenols is 1. The van der Waals surface area contributed by atoms with Crippen LogP contribution in [0.15, 0.2) is 66.9 Å². The number of aliphatic hydroxyl groups excluding tert-OH is 1. The lowest BCUT2D eigenvalue weighted by Crippen LogP contribution is -2.04. The lowest BCUT2D eigenvalue weighted by atomic mass is 10.2. The van der Waals surface area contributed by atoms with Crippen molar-refractivity contribution in [3.8, 4) is 5.75 Å². The predicted molar refractivity (Wildman–Crippen MR) is 85.4 cm³/mol. The number of pyridine rings is 1. The first-order valence-corrected chi connectivity index (χ1v) is 6.74. The summed E-state index contributed by atoms with van der Waals surface area (Å²) in [5.41, 5.74) is 1.71. The number of nitrogens with one attached hydrogen (secondary N) is 1. The number of aliphatic hydroxyl groups is 1. The number of hydrogen-bond acceptors (Lipinski definition) is 4. The Hall–Kier alpha value is -2.59. The Labute approximate surface area is 123 Å². The molecule has 0 spiro atoms. The van der Waals surface area contributed by atoms with E-state index in [1.165, 1.54) is 0 Å². The Kier molecular flexibility index (Phi) is 5.55. The van der Waals surface area contributed by atoms with E-state index >= 15 is 0 Å². The van der Waals surface area contributed by atoms with Gasteiger partial charge in [0.25, 0.3) is 0 Å². The van der Waals surface area contributed by atoms with Gasteiger partial charge >= 0.3 is 0 Å². The maximum absolute atomic E-state index is 9.31. The van der Waals surface area contributed by atoms with Crippen molar-refractivity contribution in [1.82, 2.24) is 4.98 Å². The fourth-order valence-electron chi connectivity index (χ4n) is 1.84. The molecule has 0 bridgehead atoms. The Morgan fingerprint density at radius 1 is 0.905 bits per heavy atom. The number of para-hydroxylation sites is 2. The molecule has 3 N–H and O–H groups in total. The second-order valence-corrected chi connectivity index (χ2v) is 4.37. The highest BCUT2D eigenvalue weighted by molar-refractivity contribution is 5.83. The summed E-state index contributed by atoms with van der Waals surface area (Å²) in [6.07, 6.45) is 1.67. The molecule has 4 nitrogen and oxygen atoms in total. The van der Waals surface area contributed by atoms with Gasteiger partial charge in [-0.05, 0) is 24.3 Å². The fourth-order valence-corrected chi connectivity index (χ4v) is 1.84. The highest BCUT2D eigenvalue weighted by Crippen LogP contribution is 2.20. The van der Waals surface area contributed by atoms with Gasteiger partial charge < -0.3 is 15.5 Å². The Bertz CT molecular complexity index is 666. The normalized spacial score (nSPS) is 9.76. The van der Waals surface area contributed by atoms with Crippen molar-refractivity contribution in [2.24, 2.45) is 0 Å². The van der Waals surface area contributed by atoms with Crippen LogP contribution in [0.25, 0.3) is 10.9 Å². The van der Waals surface area contributed by atoms with Crippen molar-refractivity contribution < 1.29 is 10.2 Å². The number of fused-ring (bicyclic) bond motifs is 1. The third-order valence-corrected chi connectivity index (χ3v) is 2.83. The summed E-state index contributed by atoms with van der Waals surface area (Å²) in [4.78, 5) is 4.03. The number of aromatic hydroxyl groups is 1. The van der Waals surface area contributed by atoms with Crippen molar-refractivity contribution in [2.75, 3.05) is 18.5 Å². The lowest BCUT2D eigenvalue weighted by Gasteiger charge is -2.01. The minimum atomic E-state index is 0.175. The minimum absolute atomic E-state index is 0.175. The van der Waals surface area contributed by atoms with Gasteiger partial charge in [0.1, 0.15) is 11.3 Å². The van der Waals surface area contributed by atoms with Crippen molar-refractivity contribution in [1.29, 1.82) is 0 Å². The number of phenolic OH excluding ortho intramolecular Hbond substituents is 1. The first-order chi connectivity index (χ1) is 10.3. The van der Waals surface area contributed by atoms with Gasteiger partial charge in [0.05, 0.1) is 6.61 Å². The van der Waals surface area contributed by atoms with Gasteiger partial charge in [0.2, 0.25) is 0 Å². The van der Waals surface area contributed by atoms with Crippen LogP contribution in [0.4, 0.5) is 5.69 Å². The van der Waals surface area contributed by atoms with Gasteiger partial charge in [0, 0.05) is 23.8 Å². The molecule has 1 heterocycles. The molecule has 1 aromatic heterocycles. The molecule has 0 atom stereocenters. The smallest absolute Gasteiger partial charge is 0.141 e. The van der Waals surface area contributed by atoms with Crippen molar-refractivity contribution >= 4 is 16.6 Å². The van der Waals surface area contributed by atoms with Crippen LogP contribution in [-0.4, -0.2) is 28.3 Å². The van der Waals surface area contributed by atoms with Gasteiger partial charge in [-0.1, -0.05) is 36.4 Å². The number of hydrogen-bond donors (Lipinski definition) is 3. The Morgan fingerprint density at radius 3 is 2.38 bits per heavy atom. The second-order valence-electron chi connectivity index (χ2n) is 4.37. The molecule has 0 saturated carbocycles. The molecule has 0 amide bonds. The summed E-state index contributed by atoms with van der Waals surface area (Å²) < 4.78 is 0. The number of benzene rings is 2. The maximum atomic E-state index is 9.31. The van der Waals surface area contributed by atoms with Crippen LogP contribution in [-0.2, 0) is 0 Å².